The number of anilines is 1. The molecule has 1 N–H and O–H groups in total. The van der Waals surface area contributed by atoms with E-state index in [2.05, 4.69) is 36.5 Å². The van der Waals surface area contributed by atoms with Crippen LogP contribution in [0.2, 0.25) is 0 Å². The van der Waals surface area contributed by atoms with Crippen molar-refractivity contribution in [2.24, 2.45) is 11.8 Å². The summed E-state index contributed by atoms with van der Waals surface area (Å²) >= 11 is 0. The molecule has 3 rings (SSSR count). The maximum atomic E-state index is 12.5. The van der Waals surface area contributed by atoms with Gasteiger partial charge < -0.3 is 5.32 Å². The lowest BCUT2D eigenvalue weighted by molar-refractivity contribution is -0.124. The van der Waals surface area contributed by atoms with E-state index in [0.717, 1.165) is 31.7 Å². The van der Waals surface area contributed by atoms with E-state index < -0.39 is 0 Å². The molecule has 20 heavy (non-hydrogen) atoms. The van der Waals surface area contributed by atoms with Crippen molar-refractivity contribution in [3.63, 3.8) is 0 Å². The largest absolute Gasteiger partial charge is 0.384 e. The standard InChI is InChI=1S/C18H25NO/c1-2-13-7-9-14(10-8-13)18(20)11-15-12-19-17-6-4-3-5-16(15)17/h3-6,13-15,19H,2,7-12H2,1H3. The highest BCUT2D eigenvalue weighted by molar-refractivity contribution is 5.82. The highest BCUT2D eigenvalue weighted by atomic mass is 16.1. The molecule has 0 aromatic heterocycles. The third kappa shape index (κ3) is 2.74. The Hall–Kier alpha value is -1.31. The normalized spacial score (nSPS) is 28.8. The predicted molar refractivity (Wildman–Crippen MR) is 83.0 cm³/mol. The van der Waals surface area contributed by atoms with E-state index >= 15 is 0 Å². The van der Waals surface area contributed by atoms with Crippen molar-refractivity contribution in [2.45, 2.75) is 51.4 Å². The van der Waals surface area contributed by atoms with Crippen LogP contribution in [0.3, 0.4) is 0 Å². The fourth-order valence-electron chi connectivity index (χ4n) is 3.84. The Kier molecular flexibility index (Phi) is 4.09. The molecule has 0 bridgehead atoms. The molecule has 0 radical (unpaired) electrons. The molecule has 108 valence electrons. The number of fused-ring (bicyclic) bond motifs is 1. The molecule has 2 aliphatic rings. The second-order valence-corrected chi connectivity index (χ2v) is 6.46. The number of carbonyl (C=O) groups is 1. The third-order valence-corrected chi connectivity index (χ3v) is 5.27. The lowest BCUT2D eigenvalue weighted by atomic mass is 9.77. The number of benzene rings is 1. The van der Waals surface area contributed by atoms with Crippen LogP contribution in [0, 0.1) is 11.8 Å². The molecule has 1 heterocycles. The topological polar surface area (TPSA) is 29.1 Å². The summed E-state index contributed by atoms with van der Waals surface area (Å²) in [5.41, 5.74) is 2.56. The Labute approximate surface area is 122 Å². The number of carbonyl (C=O) groups excluding carboxylic acids is 1. The Balaban J connectivity index is 1.58. The first-order chi connectivity index (χ1) is 9.78. The first-order valence-electron chi connectivity index (χ1n) is 8.13. The summed E-state index contributed by atoms with van der Waals surface area (Å²) in [4.78, 5) is 12.5. The average molecular weight is 271 g/mol. The van der Waals surface area contributed by atoms with Crippen molar-refractivity contribution < 1.29 is 4.79 Å². The van der Waals surface area contributed by atoms with Crippen molar-refractivity contribution in [1.82, 2.24) is 0 Å². The SMILES string of the molecule is CCC1CCC(C(=O)CC2CNc3ccccc32)CC1. The number of ketones is 1. The molecule has 0 amide bonds. The second kappa shape index (κ2) is 5.99. The summed E-state index contributed by atoms with van der Waals surface area (Å²) in [6.45, 7) is 3.20. The minimum Gasteiger partial charge on any atom is -0.384 e. The number of rotatable bonds is 4. The summed E-state index contributed by atoms with van der Waals surface area (Å²) in [5, 5.41) is 3.42. The summed E-state index contributed by atoms with van der Waals surface area (Å²) < 4.78 is 0. The Morgan fingerprint density at radius 3 is 2.70 bits per heavy atom. The van der Waals surface area contributed by atoms with E-state index in [0.29, 0.717) is 17.6 Å². The van der Waals surface area contributed by atoms with Crippen molar-refractivity contribution in [3.8, 4) is 0 Å². The minimum absolute atomic E-state index is 0.338. The zero-order valence-electron chi connectivity index (χ0n) is 12.4. The molecule has 1 fully saturated rings. The van der Waals surface area contributed by atoms with Gasteiger partial charge in [0.25, 0.3) is 0 Å². The van der Waals surface area contributed by atoms with Crippen LogP contribution in [0.25, 0.3) is 0 Å². The third-order valence-electron chi connectivity index (χ3n) is 5.27. The van der Waals surface area contributed by atoms with Crippen LogP contribution in [0.1, 0.15) is 56.9 Å². The predicted octanol–water partition coefficient (Wildman–Crippen LogP) is 4.37. The molecule has 1 aromatic carbocycles. The van der Waals surface area contributed by atoms with Crippen LogP contribution in [-0.4, -0.2) is 12.3 Å². The lowest BCUT2D eigenvalue weighted by Crippen LogP contribution is -2.23. The molecule has 1 unspecified atom stereocenters. The molecule has 0 saturated heterocycles. The number of para-hydroxylation sites is 1. The van der Waals surface area contributed by atoms with E-state index in [1.54, 1.807) is 0 Å². The van der Waals surface area contributed by atoms with Gasteiger partial charge in [-0.1, -0.05) is 31.5 Å². The van der Waals surface area contributed by atoms with Crippen LogP contribution in [0.4, 0.5) is 5.69 Å². The van der Waals surface area contributed by atoms with Crippen LogP contribution in [0.5, 0.6) is 0 Å². The maximum Gasteiger partial charge on any atom is 0.136 e. The maximum absolute atomic E-state index is 12.5. The summed E-state index contributed by atoms with van der Waals surface area (Å²) in [6.07, 6.45) is 6.77. The fourth-order valence-corrected chi connectivity index (χ4v) is 3.84. The first-order valence-corrected chi connectivity index (χ1v) is 8.13. The van der Waals surface area contributed by atoms with Crippen LogP contribution in [0.15, 0.2) is 24.3 Å². The number of hydrogen-bond acceptors (Lipinski definition) is 2. The summed E-state index contributed by atoms with van der Waals surface area (Å²) in [6, 6.07) is 8.42. The highest BCUT2D eigenvalue weighted by Gasteiger charge is 2.29. The zero-order chi connectivity index (χ0) is 13.9. The smallest absolute Gasteiger partial charge is 0.136 e. The van der Waals surface area contributed by atoms with E-state index in [-0.39, 0.29) is 0 Å². The lowest BCUT2D eigenvalue weighted by Gasteiger charge is -2.27. The van der Waals surface area contributed by atoms with Gasteiger partial charge in [-0.2, -0.15) is 0 Å². The van der Waals surface area contributed by atoms with Crippen LogP contribution in [-0.2, 0) is 4.79 Å². The number of Topliss-reactive ketones (excluding diaryl/α,β-unsaturated/α-hetero) is 1. The molecule has 1 aromatic rings. The Morgan fingerprint density at radius 1 is 1.20 bits per heavy atom. The van der Waals surface area contributed by atoms with Crippen molar-refractivity contribution in [3.05, 3.63) is 29.8 Å². The van der Waals surface area contributed by atoms with Crippen molar-refractivity contribution >= 4 is 11.5 Å². The quantitative estimate of drug-likeness (QED) is 0.881. The molecule has 2 nitrogen and oxygen atoms in total. The molecule has 2 heteroatoms. The molecular formula is C18H25NO. The monoisotopic (exact) mass is 271 g/mol. The van der Waals surface area contributed by atoms with Crippen molar-refractivity contribution in [1.29, 1.82) is 0 Å². The second-order valence-electron chi connectivity index (χ2n) is 6.46. The van der Waals surface area contributed by atoms with Gasteiger partial charge in [-0.3, -0.25) is 4.79 Å². The van der Waals surface area contributed by atoms with Gasteiger partial charge in [-0.15, -0.1) is 0 Å². The first kappa shape index (κ1) is 13.7. The average Bonchev–Trinajstić information content (AvgIpc) is 2.91. The minimum atomic E-state index is 0.338. The molecule has 1 saturated carbocycles. The van der Waals surface area contributed by atoms with Gasteiger partial charge in [0, 0.05) is 30.5 Å². The van der Waals surface area contributed by atoms with Crippen molar-refractivity contribution in [2.75, 3.05) is 11.9 Å². The van der Waals surface area contributed by atoms with Gasteiger partial charge in [0.15, 0.2) is 0 Å². The van der Waals surface area contributed by atoms with Gasteiger partial charge in [0.05, 0.1) is 0 Å². The molecule has 1 aliphatic heterocycles. The Bertz CT molecular complexity index is 474. The van der Waals surface area contributed by atoms with Gasteiger partial charge in [0.1, 0.15) is 5.78 Å². The van der Waals surface area contributed by atoms with Gasteiger partial charge >= 0.3 is 0 Å². The number of hydrogen-bond donors (Lipinski definition) is 1. The van der Waals surface area contributed by atoms with E-state index in [1.165, 1.54) is 30.5 Å². The highest BCUT2D eigenvalue weighted by Crippen LogP contribution is 2.37. The molecule has 1 aliphatic carbocycles. The van der Waals surface area contributed by atoms with Crippen LogP contribution >= 0.6 is 0 Å². The van der Waals surface area contributed by atoms with Gasteiger partial charge in [-0.05, 0) is 43.2 Å². The van der Waals surface area contributed by atoms with Crippen LogP contribution < -0.4 is 5.32 Å². The van der Waals surface area contributed by atoms with Gasteiger partial charge in [-0.25, -0.2) is 0 Å². The summed E-state index contributed by atoms with van der Waals surface area (Å²) in [5.74, 6) is 2.10. The molecular weight excluding hydrogens is 246 g/mol. The van der Waals surface area contributed by atoms with E-state index in [4.69, 9.17) is 0 Å². The summed E-state index contributed by atoms with van der Waals surface area (Å²) in [7, 11) is 0. The fraction of sp³-hybridized carbons (Fsp3) is 0.611. The van der Waals surface area contributed by atoms with E-state index in [9.17, 15) is 4.79 Å². The molecule has 1 atom stereocenters. The number of nitrogens with one attached hydrogen (secondary N) is 1. The molecule has 0 spiro atoms. The van der Waals surface area contributed by atoms with Gasteiger partial charge in [0.2, 0.25) is 0 Å². The zero-order valence-corrected chi connectivity index (χ0v) is 12.4. The van der Waals surface area contributed by atoms with E-state index in [1.807, 2.05) is 0 Å². The Morgan fingerprint density at radius 2 is 1.95 bits per heavy atom.